The molecule has 0 aliphatic rings. The molecule has 0 aromatic heterocycles. The van der Waals surface area contributed by atoms with E-state index in [0.717, 1.165) is 21.4 Å². The standard InChI is InChI=1S/C14H14BrN3/c1-9-4-3-5-14(10(9)2)18-17-11-6-7-13(16)12(15)8-11/h3-8H,16H2,1-2H3. The molecule has 0 heterocycles. The molecule has 0 spiro atoms. The van der Waals surface area contributed by atoms with Gasteiger partial charge in [-0.25, -0.2) is 0 Å². The molecule has 0 saturated carbocycles. The van der Waals surface area contributed by atoms with E-state index in [1.807, 2.05) is 37.3 Å². The molecule has 2 rings (SSSR count). The van der Waals surface area contributed by atoms with Crippen LogP contribution in [0.4, 0.5) is 17.1 Å². The van der Waals surface area contributed by atoms with Crippen LogP contribution in [0.5, 0.6) is 0 Å². The lowest BCUT2D eigenvalue weighted by Gasteiger charge is -2.02. The van der Waals surface area contributed by atoms with Crippen molar-refractivity contribution in [1.29, 1.82) is 0 Å². The predicted molar refractivity (Wildman–Crippen MR) is 78.6 cm³/mol. The second-order valence-electron chi connectivity index (χ2n) is 4.12. The molecule has 0 amide bonds. The number of nitrogens with zero attached hydrogens (tertiary/aromatic N) is 2. The van der Waals surface area contributed by atoms with Crippen molar-refractivity contribution >= 4 is 33.0 Å². The highest BCUT2D eigenvalue weighted by molar-refractivity contribution is 9.10. The van der Waals surface area contributed by atoms with Gasteiger partial charge < -0.3 is 5.73 Å². The Labute approximate surface area is 115 Å². The molecular formula is C14H14BrN3. The minimum absolute atomic E-state index is 0.695. The Kier molecular flexibility index (Phi) is 3.77. The van der Waals surface area contributed by atoms with E-state index in [1.54, 1.807) is 0 Å². The van der Waals surface area contributed by atoms with Gasteiger partial charge in [-0.2, -0.15) is 10.2 Å². The van der Waals surface area contributed by atoms with Crippen LogP contribution in [-0.2, 0) is 0 Å². The van der Waals surface area contributed by atoms with Gasteiger partial charge in [0.15, 0.2) is 0 Å². The van der Waals surface area contributed by atoms with Crippen LogP contribution in [0.1, 0.15) is 11.1 Å². The third-order valence-corrected chi connectivity index (χ3v) is 3.52. The van der Waals surface area contributed by atoms with Crippen LogP contribution < -0.4 is 5.73 Å². The van der Waals surface area contributed by atoms with E-state index >= 15 is 0 Å². The molecule has 0 bridgehead atoms. The topological polar surface area (TPSA) is 50.7 Å². The van der Waals surface area contributed by atoms with Gasteiger partial charge in [-0.3, -0.25) is 0 Å². The number of azo groups is 1. The smallest absolute Gasteiger partial charge is 0.0888 e. The summed E-state index contributed by atoms with van der Waals surface area (Å²) in [6, 6.07) is 11.5. The zero-order chi connectivity index (χ0) is 13.1. The SMILES string of the molecule is Cc1cccc(N=Nc2ccc(N)c(Br)c2)c1C. The molecule has 0 unspecified atom stereocenters. The molecule has 18 heavy (non-hydrogen) atoms. The van der Waals surface area contributed by atoms with Crippen molar-refractivity contribution in [1.82, 2.24) is 0 Å². The van der Waals surface area contributed by atoms with Crippen LogP contribution in [0.3, 0.4) is 0 Å². The van der Waals surface area contributed by atoms with Crippen molar-refractivity contribution < 1.29 is 0 Å². The van der Waals surface area contributed by atoms with Crippen LogP contribution in [0.15, 0.2) is 51.1 Å². The van der Waals surface area contributed by atoms with Gasteiger partial charge in [-0.05, 0) is 65.2 Å². The second kappa shape index (κ2) is 5.31. The fraction of sp³-hybridized carbons (Fsp3) is 0.143. The van der Waals surface area contributed by atoms with Crippen LogP contribution in [-0.4, -0.2) is 0 Å². The van der Waals surface area contributed by atoms with Gasteiger partial charge in [0.2, 0.25) is 0 Å². The van der Waals surface area contributed by atoms with E-state index in [2.05, 4.69) is 39.1 Å². The van der Waals surface area contributed by atoms with Gasteiger partial charge in [-0.15, -0.1) is 0 Å². The van der Waals surface area contributed by atoms with Gasteiger partial charge >= 0.3 is 0 Å². The number of hydrogen-bond donors (Lipinski definition) is 1. The van der Waals surface area contributed by atoms with Crippen LogP contribution >= 0.6 is 15.9 Å². The van der Waals surface area contributed by atoms with E-state index in [-0.39, 0.29) is 0 Å². The maximum atomic E-state index is 5.72. The van der Waals surface area contributed by atoms with Crippen LogP contribution in [0.25, 0.3) is 0 Å². The second-order valence-corrected chi connectivity index (χ2v) is 4.98. The number of rotatable bonds is 2. The van der Waals surface area contributed by atoms with Crippen molar-refractivity contribution in [3.63, 3.8) is 0 Å². The zero-order valence-corrected chi connectivity index (χ0v) is 11.9. The van der Waals surface area contributed by atoms with E-state index in [9.17, 15) is 0 Å². The summed E-state index contributed by atoms with van der Waals surface area (Å²) < 4.78 is 0.833. The van der Waals surface area contributed by atoms with Crippen LogP contribution in [0.2, 0.25) is 0 Å². The Hall–Kier alpha value is -1.68. The normalized spacial score (nSPS) is 11.1. The lowest BCUT2D eigenvalue weighted by molar-refractivity contribution is 1.19. The molecule has 2 aromatic rings. The Bertz CT molecular complexity index is 606. The average molecular weight is 304 g/mol. The summed E-state index contributed by atoms with van der Waals surface area (Å²) in [7, 11) is 0. The number of anilines is 1. The average Bonchev–Trinajstić information content (AvgIpc) is 2.35. The first-order chi connectivity index (χ1) is 8.58. The van der Waals surface area contributed by atoms with Crippen molar-refractivity contribution in [2.75, 3.05) is 5.73 Å². The van der Waals surface area contributed by atoms with Gasteiger partial charge in [0.25, 0.3) is 0 Å². The molecule has 92 valence electrons. The molecule has 2 aromatic carbocycles. The summed E-state index contributed by atoms with van der Waals surface area (Å²) >= 11 is 3.37. The summed E-state index contributed by atoms with van der Waals surface area (Å²) in [6.07, 6.45) is 0. The highest BCUT2D eigenvalue weighted by Crippen LogP contribution is 2.27. The van der Waals surface area contributed by atoms with E-state index in [1.165, 1.54) is 5.56 Å². The van der Waals surface area contributed by atoms with Crippen molar-refractivity contribution in [2.45, 2.75) is 13.8 Å². The van der Waals surface area contributed by atoms with E-state index in [0.29, 0.717) is 5.69 Å². The fourth-order valence-electron chi connectivity index (χ4n) is 1.53. The molecule has 3 nitrogen and oxygen atoms in total. The maximum Gasteiger partial charge on any atom is 0.0888 e. The Morgan fingerprint density at radius 1 is 1.06 bits per heavy atom. The lowest BCUT2D eigenvalue weighted by atomic mass is 10.1. The minimum atomic E-state index is 0.695. The van der Waals surface area contributed by atoms with E-state index < -0.39 is 0 Å². The number of nitrogen functional groups attached to an aromatic ring is 1. The molecular weight excluding hydrogens is 290 g/mol. The maximum absolute atomic E-state index is 5.72. The fourth-order valence-corrected chi connectivity index (χ4v) is 1.90. The third kappa shape index (κ3) is 2.76. The summed E-state index contributed by atoms with van der Waals surface area (Å²) in [4.78, 5) is 0. The lowest BCUT2D eigenvalue weighted by Crippen LogP contribution is -1.84. The Morgan fingerprint density at radius 2 is 1.83 bits per heavy atom. The molecule has 2 N–H and O–H groups in total. The van der Waals surface area contributed by atoms with E-state index in [4.69, 9.17) is 5.73 Å². The number of benzene rings is 2. The molecule has 0 aliphatic carbocycles. The first kappa shape index (κ1) is 12.8. The molecule has 0 aliphatic heterocycles. The van der Waals surface area contributed by atoms with Crippen LogP contribution in [0, 0.1) is 13.8 Å². The quantitative estimate of drug-likeness (QED) is 0.611. The zero-order valence-electron chi connectivity index (χ0n) is 10.3. The van der Waals surface area contributed by atoms with Gasteiger partial charge in [0.05, 0.1) is 11.4 Å². The number of hydrogen-bond acceptors (Lipinski definition) is 3. The number of halogens is 1. The monoisotopic (exact) mass is 303 g/mol. The summed E-state index contributed by atoms with van der Waals surface area (Å²) in [5, 5.41) is 8.49. The van der Waals surface area contributed by atoms with Gasteiger partial charge in [0.1, 0.15) is 0 Å². The first-order valence-electron chi connectivity index (χ1n) is 5.61. The number of aryl methyl sites for hydroxylation is 1. The Balaban J connectivity index is 2.30. The van der Waals surface area contributed by atoms with Gasteiger partial charge in [-0.1, -0.05) is 12.1 Å². The van der Waals surface area contributed by atoms with Crippen molar-refractivity contribution in [3.8, 4) is 0 Å². The molecule has 0 radical (unpaired) electrons. The largest absolute Gasteiger partial charge is 0.398 e. The first-order valence-corrected chi connectivity index (χ1v) is 6.40. The van der Waals surface area contributed by atoms with Crippen molar-refractivity contribution in [3.05, 3.63) is 52.0 Å². The molecule has 4 heteroatoms. The summed E-state index contributed by atoms with van der Waals surface area (Å²) in [5.41, 5.74) is 10.4. The molecule has 0 saturated heterocycles. The highest BCUT2D eigenvalue weighted by Gasteiger charge is 2.00. The molecule has 0 fully saturated rings. The molecule has 0 atom stereocenters. The summed E-state index contributed by atoms with van der Waals surface area (Å²) in [5.74, 6) is 0. The van der Waals surface area contributed by atoms with Crippen molar-refractivity contribution in [2.24, 2.45) is 10.2 Å². The number of nitrogens with two attached hydrogens (primary N) is 1. The predicted octanol–water partition coefficient (Wildman–Crippen LogP) is 5.06. The minimum Gasteiger partial charge on any atom is -0.398 e. The van der Waals surface area contributed by atoms with Gasteiger partial charge in [0, 0.05) is 10.2 Å². The summed E-state index contributed by atoms with van der Waals surface area (Å²) in [6.45, 7) is 4.11. The highest BCUT2D eigenvalue weighted by atomic mass is 79.9. The Morgan fingerprint density at radius 3 is 2.56 bits per heavy atom. The third-order valence-electron chi connectivity index (χ3n) is 2.83.